The fraction of sp³-hybridized carbons (Fsp3) is 0.316. The second kappa shape index (κ2) is 7.25. The van der Waals surface area contributed by atoms with E-state index in [0.717, 1.165) is 11.3 Å². The highest BCUT2D eigenvalue weighted by Gasteiger charge is 2.13. The molecule has 0 aliphatic carbocycles. The summed E-state index contributed by atoms with van der Waals surface area (Å²) in [7, 11) is 0. The van der Waals surface area contributed by atoms with Crippen molar-refractivity contribution >= 4 is 11.6 Å². The molecule has 1 aliphatic rings. The van der Waals surface area contributed by atoms with Crippen LogP contribution in [-0.2, 0) is 4.79 Å². The van der Waals surface area contributed by atoms with Gasteiger partial charge in [-0.2, -0.15) is 0 Å². The van der Waals surface area contributed by atoms with Crippen molar-refractivity contribution in [2.45, 2.75) is 19.8 Å². The number of hydrogen-bond donors (Lipinski definition) is 1. The summed E-state index contributed by atoms with van der Waals surface area (Å²) >= 11 is 0. The second-order valence-electron chi connectivity index (χ2n) is 5.89. The van der Waals surface area contributed by atoms with Crippen molar-refractivity contribution in [2.75, 3.05) is 25.1 Å². The molecule has 3 rings (SSSR count). The van der Waals surface area contributed by atoms with Crippen LogP contribution in [-0.4, -0.2) is 25.7 Å². The molecule has 5 nitrogen and oxygen atoms in total. The van der Waals surface area contributed by atoms with E-state index in [4.69, 9.17) is 14.2 Å². The summed E-state index contributed by atoms with van der Waals surface area (Å²) in [5.41, 5.74) is 1.75. The Morgan fingerprint density at radius 3 is 2.67 bits per heavy atom. The molecule has 0 saturated carbocycles. The molecule has 0 fully saturated rings. The Hall–Kier alpha value is -2.69. The Bertz CT molecular complexity index is 727. The highest BCUT2D eigenvalue weighted by molar-refractivity contribution is 5.92. The first-order chi connectivity index (χ1) is 11.6. The van der Waals surface area contributed by atoms with Crippen molar-refractivity contribution in [1.82, 2.24) is 0 Å². The fourth-order valence-corrected chi connectivity index (χ4v) is 2.55. The van der Waals surface area contributed by atoms with E-state index >= 15 is 0 Å². The zero-order valence-electron chi connectivity index (χ0n) is 13.9. The molecule has 2 aromatic carbocycles. The van der Waals surface area contributed by atoms with Crippen LogP contribution in [0, 0.1) is 0 Å². The lowest BCUT2D eigenvalue weighted by Gasteiger charge is -2.19. The summed E-state index contributed by atoms with van der Waals surface area (Å²) in [6.07, 6.45) is 0. The zero-order valence-corrected chi connectivity index (χ0v) is 13.9. The lowest BCUT2D eigenvalue weighted by atomic mass is 10.0. The van der Waals surface area contributed by atoms with E-state index in [-0.39, 0.29) is 12.5 Å². The highest BCUT2D eigenvalue weighted by Crippen LogP contribution is 2.32. The van der Waals surface area contributed by atoms with Gasteiger partial charge in [0, 0.05) is 11.8 Å². The third-order valence-corrected chi connectivity index (χ3v) is 3.73. The summed E-state index contributed by atoms with van der Waals surface area (Å²) in [5.74, 6) is 2.20. The summed E-state index contributed by atoms with van der Waals surface area (Å²) in [6.45, 7) is 5.20. The van der Waals surface area contributed by atoms with Crippen molar-refractivity contribution in [3.63, 3.8) is 0 Å². The quantitative estimate of drug-likeness (QED) is 0.911. The molecular formula is C19H21NO4. The molecule has 0 atom stereocenters. The number of hydrogen-bond acceptors (Lipinski definition) is 4. The average molecular weight is 327 g/mol. The van der Waals surface area contributed by atoms with Crippen LogP contribution in [0.4, 0.5) is 5.69 Å². The van der Waals surface area contributed by atoms with Gasteiger partial charge in [-0.05, 0) is 29.7 Å². The summed E-state index contributed by atoms with van der Waals surface area (Å²) < 4.78 is 16.6. The van der Waals surface area contributed by atoms with E-state index < -0.39 is 0 Å². The Balaban J connectivity index is 1.60. The standard InChI is InChI=1S/C19H21NO4/c1-13(2)15-5-3-4-6-16(15)24-12-19(21)20-14-7-8-17-18(11-14)23-10-9-22-17/h3-8,11,13H,9-10,12H2,1-2H3,(H,20,21). The number of anilines is 1. The normalized spacial score (nSPS) is 12.8. The number of amides is 1. The zero-order chi connectivity index (χ0) is 16.9. The summed E-state index contributed by atoms with van der Waals surface area (Å²) in [6, 6.07) is 13.1. The molecule has 0 unspecified atom stereocenters. The maximum absolute atomic E-state index is 12.1. The molecule has 126 valence electrons. The van der Waals surface area contributed by atoms with E-state index in [0.29, 0.717) is 36.3 Å². The molecule has 0 radical (unpaired) electrons. The van der Waals surface area contributed by atoms with Crippen LogP contribution in [0.1, 0.15) is 25.3 Å². The van der Waals surface area contributed by atoms with Crippen molar-refractivity contribution < 1.29 is 19.0 Å². The molecular weight excluding hydrogens is 306 g/mol. The number of ether oxygens (including phenoxy) is 3. The third-order valence-electron chi connectivity index (χ3n) is 3.73. The summed E-state index contributed by atoms with van der Waals surface area (Å²) in [5, 5.41) is 2.81. The Morgan fingerprint density at radius 1 is 1.12 bits per heavy atom. The van der Waals surface area contributed by atoms with Gasteiger partial charge in [-0.3, -0.25) is 4.79 Å². The van der Waals surface area contributed by atoms with Crippen molar-refractivity contribution in [3.8, 4) is 17.2 Å². The molecule has 1 N–H and O–H groups in total. The van der Waals surface area contributed by atoms with Gasteiger partial charge in [-0.15, -0.1) is 0 Å². The second-order valence-corrected chi connectivity index (χ2v) is 5.89. The topological polar surface area (TPSA) is 56.8 Å². The van der Waals surface area contributed by atoms with Gasteiger partial charge in [0.1, 0.15) is 19.0 Å². The summed E-state index contributed by atoms with van der Waals surface area (Å²) in [4.78, 5) is 12.1. The maximum atomic E-state index is 12.1. The number of fused-ring (bicyclic) bond motifs is 1. The molecule has 0 saturated heterocycles. The van der Waals surface area contributed by atoms with Crippen molar-refractivity contribution in [3.05, 3.63) is 48.0 Å². The van der Waals surface area contributed by atoms with E-state index in [2.05, 4.69) is 19.2 Å². The number of nitrogens with one attached hydrogen (secondary N) is 1. The van der Waals surface area contributed by atoms with Gasteiger partial charge >= 0.3 is 0 Å². The Kier molecular flexibility index (Phi) is 4.89. The van der Waals surface area contributed by atoms with Gasteiger partial charge in [0.05, 0.1) is 0 Å². The molecule has 5 heteroatoms. The first kappa shape index (κ1) is 16.2. The van der Waals surface area contributed by atoms with E-state index in [9.17, 15) is 4.79 Å². The van der Waals surface area contributed by atoms with Crippen molar-refractivity contribution in [1.29, 1.82) is 0 Å². The average Bonchev–Trinajstić information content (AvgIpc) is 2.60. The van der Waals surface area contributed by atoms with Crippen LogP contribution in [0.3, 0.4) is 0 Å². The van der Waals surface area contributed by atoms with Crippen LogP contribution in [0.2, 0.25) is 0 Å². The van der Waals surface area contributed by atoms with Crippen LogP contribution in [0.25, 0.3) is 0 Å². The first-order valence-electron chi connectivity index (χ1n) is 8.04. The van der Waals surface area contributed by atoms with Gasteiger partial charge in [-0.25, -0.2) is 0 Å². The van der Waals surface area contributed by atoms with Gasteiger partial charge < -0.3 is 19.5 Å². The van der Waals surface area contributed by atoms with Gasteiger partial charge in [0.25, 0.3) is 5.91 Å². The fourth-order valence-electron chi connectivity index (χ4n) is 2.55. The molecule has 0 aromatic heterocycles. The molecule has 2 aromatic rings. The predicted octanol–water partition coefficient (Wildman–Crippen LogP) is 3.60. The minimum Gasteiger partial charge on any atom is -0.486 e. The number of rotatable bonds is 5. The van der Waals surface area contributed by atoms with Crippen LogP contribution in [0.5, 0.6) is 17.2 Å². The van der Waals surface area contributed by atoms with E-state index in [1.165, 1.54) is 0 Å². The third kappa shape index (κ3) is 3.79. The van der Waals surface area contributed by atoms with Gasteiger partial charge in [0.2, 0.25) is 0 Å². The predicted molar refractivity (Wildman–Crippen MR) is 92.1 cm³/mol. The maximum Gasteiger partial charge on any atom is 0.262 e. The van der Waals surface area contributed by atoms with Crippen LogP contribution < -0.4 is 19.5 Å². The van der Waals surface area contributed by atoms with Crippen LogP contribution >= 0.6 is 0 Å². The number of benzene rings is 2. The van der Waals surface area contributed by atoms with Gasteiger partial charge in [-0.1, -0.05) is 32.0 Å². The monoisotopic (exact) mass is 327 g/mol. The lowest BCUT2D eigenvalue weighted by molar-refractivity contribution is -0.118. The largest absolute Gasteiger partial charge is 0.486 e. The number of para-hydroxylation sites is 1. The highest BCUT2D eigenvalue weighted by atomic mass is 16.6. The smallest absolute Gasteiger partial charge is 0.262 e. The number of carbonyl (C=O) groups excluding carboxylic acids is 1. The molecule has 1 heterocycles. The first-order valence-corrected chi connectivity index (χ1v) is 8.04. The molecule has 1 aliphatic heterocycles. The van der Waals surface area contributed by atoms with Crippen molar-refractivity contribution in [2.24, 2.45) is 0 Å². The molecule has 0 bridgehead atoms. The molecule has 0 spiro atoms. The Morgan fingerprint density at radius 2 is 1.88 bits per heavy atom. The minimum absolute atomic E-state index is 0.0435. The van der Waals surface area contributed by atoms with Crippen LogP contribution in [0.15, 0.2) is 42.5 Å². The molecule has 24 heavy (non-hydrogen) atoms. The Labute approximate surface area is 141 Å². The minimum atomic E-state index is -0.217. The number of carbonyl (C=O) groups is 1. The lowest BCUT2D eigenvalue weighted by Crippen LogP contribution is -2.21. The molecule has 1 amide bonds. The SMILES string of the molecule is CC(C)c1ccccc1OCC(=O)Nc1ccc2c(c1)OCCO2. The van der Waals surface area contributed by atoms with E-state index in [1.54, 1.807) is 18.2 Å². The van der Waals surface area contributed by atoms with Gasteiger partial charge in [0.15, 0.2) is 18.1 Å². The van der Waals surface area contributed by atoms with E-state index in [1.807, 2.05) is 24.3 Å².